The second-order valence-electron chi connectivity index (χ2n) is 4.09. The molecule has 7 heteroatoms. The van der Waals surface area contributed by atoms with Crippen LogP contribution in [0, 0.1) is 11.8 Å². The predicted molar refractivity (Wildman–Crippen MR) is 77.7 cm³/mol. The van der Waals surface area contributed by atoms with Crippen molar-refractivity contribution in [3.8, 4) is 11.8 Å². The summed E-state index contributed by atoms with van der Waals surface area (Å²) in [5.41, 5.74) is 1.36. The Balaban J connectivity index is 2.76. The number of carbonyl (C=O) groups is 1. The van der Waals surface area contributed by atoms with Crippen molar-refractivity contribution in [2.24, 2.45) is 0 Å². The van der Waals surface area contributed by atoms with E-state index < -0.39 is 21.7 Å². The molecule has 0 amide bonds. The monoisotopic (exact) mass is 311 g/mol. The zero-order valence-corrected chi connectivity index (χ0v) is 12.4. The third-order valence-corrected chi connectivity index (χ3v) is 3.70. The van der Waals surface area contributed by atoms with Gasteiger partial charge in [0.2, 0.25) is 10.0 Å². The Morgan fingerprint density at radius 1 is 1.38 bits per heavy atom. The number of hydrogen-bond donors (Lipinski definition) is 2. The quantitative estimate of drug-likeness (QED) is 0.570. The van der Waals surface area contributed by atoms with Crippen molar-refractivity contribution in [2.45, 2.75) is 13.0 Å². The highest BCUT2D eigenvalue weighted by Crippen LogP contribution is 2.07. The van der Waals surface area contributed by atoms with Gasteiger partial charge in [0.15, 0.2) is 5.75 Å². The third kappa shape index (κ3) is 6.40. The molecule has 0 unspecified atom stereocenters. The molecule has 0 heterocycles. The molecule has 0 aliphatic carbocycles. The van der Waals surface area contributed by atoms with Crippen LogP contribution in [0.1, 0.15) is 17.5 Å². The van der Waals surface area contributed by atoms with Crippen LogP contribution in [0.25, 0.3) is 0 Å². The van der Waals surface area contributed by atoms with E-state index in [4.69, 9.17) is 5.11 Å². The summed E-state index contributed by atoms with van der Waals surface area (Å²) in [7, 11) is -2.62. The van der Waals surface area contributed by atoms with Gasteiger partial charge in [-0.2, -0.15) is 0 Å². The van der Waals surface area contributed by atoms with Gasteiger partial charge in [-0.1, -0.05) is 30.0 Å². The molecule has 0 fully saturated rings. The first-order valence-corrected chi connectivity index (χ1v) is 7.85. The van der Waals surface area contributed by atoms with E-state index in [9.17, 15) is 13.2 Å². The summed E-state index contributed by atoms with van der Waals surface area (Å²) in [5, 5.41) is 8.69. The van der Waals surface area contributed by atoms with Gasteiger partial charge < -0.3 is 9.84 Å². The van der Waals surface area contributed by atoms with Crippen LogP contribution in [-0.2, 0) is 26.1 Å². The number of nitrogens with one attached hydrogen (secondary N) is 1. The molecule has 0 saturated carbocycles. The Bertz CT molecular complexity index is 643. The van der Waals surface area contributed by atoms with Gasteiger partial charge in [-0.3, -0.25) is 4.79 Å². The molecule has 2 N–H and O–H groups in total. The lowest BCUT2D eigenvalue weighted by molar-refractivity contribution is -0.137. The summed E-state index contributed by atoms with van der Waals surface area (Å²) >= 11 is 0. The number of aliphatic hydroxyl groups is 1. The minimum absolute atomic E-state index is 0.0269. The molecule has 1 aromatic rings. The Hall–Kier alpha value is -1.88. The van der Waals surface area contributed by atoms with Gasteiger partial charge >= 0.3 is 5.97 Å². The highest BCUT2D eigenvalue weighted by atomic mass is 32.2. The van der Waals surface area contributed by atoms with Crippen molar-refractivity contribution in [1.29, 1.82) is 0 Å². The zero-order chi connectivity index (χ0) is 15.7. The number of esters is 1. The maximum Gasteiger partial charge on any atom is 0.322 e. The lowest BCUT2D eigenvalue weighted by Gasteiger charge is -2.07. The number of carbonyl (C=O) groups excluding carboxylic acids is 1. The lowest BCUT2D eigenvalue weighted by atomic mass is 10.1. The van der Waals surface area contributed by atoms with Gasteiger partial charge in [0, 0.05) is 18.5 Å². The molecule has 6 nitrogen and oxygen atoms in total. The summed E-state index contributed by atoms with van der Waals surface area (Å²) in [6, 6.07) is 7.05. The normalized spacial score (nSPS) is 10.6. The molecule has 0 aromatic heterocycles. The zero-order valence-electron chi connectivity index (χ0n) is 11.6. The summed E-state index contributed by atoms with van der Waals surface area (Å²) < 4.78 is 30.0. The number of aliphatic hydroxyl groups excluding tert-OH is 1. The van der Waals surface area contributed by atoms with E-state index in [1.165, 1.54) is 0 Å². The first-order valence-electron chi connectivity index (χ1n) is 6.20. The second-order valence-corrected chi connectivity index (χ2v) is 5.90. The van der Waals surface area contributed by atoms with Crippen LogP contribution < -0.4 is 4.72 Å². The summed E-state index contributed by atoms with van der Waals surface area (Å²) in [4.78, 5) is 11.0. The minimum atomic E-state index is -3.75. The predicted octanol–water partition coefficient (Wildman–Crippen LogP) is 0.0129. The first-order chi connectivity index (χ1) is 9.98. The van der Waals surface area contributed by atoms with Gasteiger partial charge in [0.05, 0.1) is 13.7 Å². The Kier molecular flexibility index (Phi) is 6.88. The number of sulfonamides is 1. The van der Waals surface area contributed by atoms with Crippen LogP contribution in [0.2, 0.25) is 0 Å². The molecule has 0 aliphatic rings. The van der Waals surface area contributed by atoms with E-state index in [0.717, 1.165) is 7.11 Å². The van der Waals surface area contributed by atoms with E-state index in [0.29, 0.717) is 17.5 Å². The molecule has 0 saturated heterocycles. The van der Waals surface area contributed by atoms with Crippen molar-refractivity contribution < 1.29 is 23.1 Å². The Morgan fingerprint density at radius 2 is 2.10 bits per heavy atom. The molecule has 0 atom stereocenters. The fourth-order valence-electron chi connectivity index (χ4n) is 1.46. The maximum absolute atomic E-state index is 11.7. The lowest BCUT2D eigenvalue weighted by Crippen LogP contribution is -2.30. The van der Waals surface area contributed by atoms with Crippen molar-refractivity contribution in [3.05, 3.63) is 35.4 Å². The SMILES string of the molecule is COC(=O)CS(=O)(=O)NCc1ccccc1C#CCCO. The molecular weight excluding hydrogens is 294 g/mol. The van der Waals surface area contributed by atoms with E-state index in [2.05, 4.69) is 21.3 Å². The summed E-state index contributed by atoms with van der Waals surface area (Å²) in [5.74, 6) is 4.10. The number of ether oxygens (including phenoxy) is 1. The molecule has 1 rings (SSSR count). The molecule has 114 valence electrons. The topological polar surface area (TPSA) is 92.7 Å². The Morgan fingerprint density at radius 3 is 2.76 bits per heavy atom. The Labute approximate surface area is 124 Å². The van der Waals surface area contributed by atoms with Crippen molar-refractivity contribution in [3.63, 3.8) is 0 Å². The van der Waals surface area contributed by atoms with Gasteiger partial charge in [0.1, 0.15) is 0 Å². The van der Waals surface area contributed by atoms with E-state index in [1.807, 2.05) is 0 Å². The van der Waals surface area contributed by atoms with Crippen LogP contribution in [0.4, 0.5) is 0 Å². The van der Waals surface area contributed by atoms with Gasteiger partial charge in [-0.25, -0.2) is 13.1 Å². The highest BCUT2D eigenvalue weighted by Gasteiger charge is 2.16. The average Bonchev–Trinajstić information content (AvgIpc) is 2.46. The van der Waals surface area contributed by atoms with E-state index in [1.54, 1.807) is 24.3 Å². The summed E-state index contributed by atoms with van der Waals surface area (Å²) in [6.07, 6.45) is 0.350. The smallest absolute Gasteiger partial charge is 0.322 e. The standard InChI is InChI=1S/C14H17NO5S/c1-20-14(17)11-21(18,19)15-10-13-8-3-2-6-12(13)7-4-5-9-16/h2-3,6,8,15-16H,5,9-11H2,1H3. The van der Waals surface area contributed by atoms with Crippen molar-refractivity contribution in [2.75, 3.05) is 19.5 Å². The molecule has 0 aliphatic heterocycles. The van der Waals surface area contributed by atoms with Gasteiger partial charge in [0.25, 0.3) is 0 Å². The van der Waals surface area contributed by atoms with Crippen LogP contribution in [0.15, 0.2) is 24.3 Å². The van der Waals surface area contributed by atoms with Crippen LogP contribution in [0.3, 0.4) is 0 Å². The first kappa shape index (κ1) is 17.2. The maximum atomic E-state index is 11.7. The van der Waals surface area contributed by atoms with Crippen LogP contribution in [-0.4, -0.2) is 39.0 Å². The largest absolute Gasteiger partial charge is 0.468 e. The number of hydrogen-bond acceptors (Lipinski definition) is 5. The second kappa shape index (κ2) is 8.42. The van der Waals surface area contributed by atoms with Crippen molar-refractivity contribution >= 4 is 16.0 Å². The van der Waals surface area contributed by atoms with Crippen LogP contribution in [0.5, 0.6) is 0 Å². The molecule has 1 aromatic carbocycles. The molecular formula is C14H17NO5S. The summed E-state index contributed by atoms with van der Waals surface area (Å²) in [6.45, 7) is 0.00420. The van der Waals surface area contributed by atoms with E-state index >= 15 is 0 Å². The number of rotatable bonds is 6. The van der Waals surface area contributed by atoms with Crippen molar-refractivity contribution in [1.82, 2.24) is 4.72 Å². The molecule has 0 spiro atoms. The average molecular weight is 311 g/mol. The number of benzene rings is 1. The number of methoxy groups -OCH3 is 1. The fourth-order valence-corrected chi connectivity index (χ4v) is 2.37. The third-order valence-electron chi connectivity index (χ3n) is 2.50. The molecule has 0 bridgehead atoms. The van der Waals surface area contributed by atoms with Crippen LogP contribution >= 0.6 is 0 Å². The minimum Gasteiger partial charge on any atom is -0.468 e. The fraction of sp³-hybridized carbons (Fsp3) is 0.357. The van der Waals surface area contributed by atoms with E-state index in [-0.39, 0.29) is 13.2 Å². The molecule has 0 radical (unpaired) electrons. The highest BCUT2D eigenvalue weighted by molar-refractivity contribution is 7.90. The molecule has 21 heavy (non-hydrogen) atoms. The van der Waals surface area contributed by atoms with Gasteiger partial charge in [-0.05, 0) is 11.6 Å². The van der Waals surface area contributed by atoms with Gasteiger partial charge in [-0.15, -0.1) is 0 Å².